The van der Waals surface area contributed by atoms with Crippen molar-refractivity contribution in [3.8, 4) is 0 Å². The lowest BCUT2D eigenvalue weighted by Gasteiger charge is -2.10. The molecule has 4 heteroatoms. The molecule has 4 nitrogen and oxygen atoms in total. The third-order valence-electron chi connectivity index (χ3n) is 3.72. The number of fused-ring (bicyclic) bond motifs is 1. The van der Waals surface area contributed by atoms with E-state index in [1.807, 2.05) is 6.07 Å². The second kappa shape index (κ2) is 5.05. The van der Waals surface area contributed by atoms with E-state index >= 15 is 0 Å². The van der Waals surface area contributed by atoms with Crippen LogP contribution in [0.2, 0.25) is 0 Å². The SMILES string of the molecule is Cc1ccc(CNc2ccc3c(c2)C(=O)NC3=O)c(C)c1. The van der Waals surface area contributed by atoms with Crippen molar-refractivity contribution in [1.82, 2.24) is 5.32 Å². The normalized spacial score (nSPS) is 13.0. The first-order valence-electron chi connectivity index (χ1n) is 6.84. The summed E-state index contributed by atoms with van der Waals surface area (Å²) in [6, 6.07) is 11.5. The predicted octanol–water partition coefficient (Wildman–Crippen LogP) is 2.80. The van der Waals surface area contributed by atoms with Crippen LogP contribution in [0.25, 0.3) is 0 Å². The first kappa shape index (κ1) is 13.4. The van der Waals surface area contributed by atoms with Gasteiger partial charge in [0.1, 0.15) is 0 Å². The Morgan fingerprint density at radius 1 is 0.952 bits per heavy atom. The summed E-state index contributed by atoms with van der Waals surface area (Å²) in [5.74, 6) is -0.652. The monoisotopic (exact) mass is 280 g/mol. The molecule has 0 aromatic heterocycles. The average molecular weight is 280 g/mol. The van der Waals surface area contributed by atoms with Gasteiger partial charge in [0.25, 0.3) is 11.8 Å². The van der Waals surface area contributed by atoms with Crippen molar-refractivity contribution in [3.05, 3.63) is 64.2 Å². The molecule has 0 aliphatic carbocycles. The number of aryl methyl sites for hydroxylation is 2. The molecule has 106 valence electrons. The van der Waals surface area contributed by atoms with Crippen molar-refractivity contribution in [1.29, 1.82) is 0 Å². The van der Waals surface area contributed by atoms with Crippen LogP contribution in [-0.2, 0) is 6.54 Å². The Labute approximate surface area is 123 Å². The number of carbonyl (C=O) groups excluding carboxylic acids is 2. The number of rotatable bonds is 3. The van der Waals surface area contributed by atoms with E-state index in [1.165, 1.54) is 16.7 Å². The van der Waals surface area contributed by atoms with Crippen molar-refractivity contribution in [3.63, 3.8) is 0 Å². The maximum atomic E-state index is 11.6. The highest BCUT2D eigenvalue weighted by atomic mass is 16.2. The highest BCUT2D eigenvalue weighted by Gasteiger charge is 2.26. The molecule has 0 spiro atoms. The summed E-state index contributed by atoms with van der Waals surface area (Å²) in [6.07, 6.45) is 0. The predicted molar refractivity (Wildman–Crippen MR) is 81.5 cm³/mol. The first-order valence-corrected chi connectivity index (χ1v) is 6.84. The molecule has 0 saturated heterocycles. The van der Waals surface area contributed by atoms with Crippen molar-refractivity contribution < 1.29 is 9.59 Å². The summed E-state index contributed by atoms with van der Waals surface area (Å²) < 4.78 is 0. The number of carbonyl (C=O) groups is 2. The van der Waals surface area contributed by atoms with Crippen LogP contribution in [0.5, 0.6) is 0 Å². The molecule has 2 amide bonds. The van der Waals surface area contributed by atoms with E-state index in [-0.39, 0.29) is 11.8 Å². The van der Waals surface area contributed by atoms with Crippen LogP contribution >= 0.6 is 0 Å². The summed E-state index contributed by atoms with van der Waals surface area (Å²) in [4.78, 5) is 23.1. The lowest BCUT2D eigenvalue weighted by molar-refractivity contribution is 0.0879. The minimum atomic E-state index is -0.329. The van der Waals surface area contributed by atoms with Gasteiger partial charge < -0.3 is 5.32 Å². The number of imide groups is 1. The standard InChI is InChI=1S/C17H16N2O2/c1-10-3-4-12(11(2)7-10)9-18-13-5-6-14-15(8-13)17(21)19-16(14)20/h3-8,18H,9H2,1-2H3,(H,19,20,21). The van der Waals surface area contributed by atoms with Gasteiger partial charge in [0.05, 0.1) is 11.1 Å². The fourth-order valence-electron chi connectivity index (χ4n) is 2.52. The Balaban J connectivity index is 1.79. The Hall–Kier alpha value is -2.62. The van der Waals surface area contributed by atoms with Crippen LogP contribution in [0.3, 0.4) is 0 Å². The van der Waals surface area contributed by atoms with E-state index in [2.05, 4.69) is 42.7 Å². The van der Waals surface area contributed by atoms with Gasteiger partial charge in [0, 0.05) is 12.2 Å². The molecular weight excluding hydrogens is 264 g/mol. The third kappa shape index (κ3) is 2.52. The van der Waals surface area contributed by atoms with Crippen LogP contribution in [0.1, 0.15) is 37.4 Å². The molecule has 3 rings (SSSR count). The van der Waals surface area contributed by atoms with Crippen LogP contribution in [-0.4, -0.2) is 11.8 Å². The molecule has 1 aliphatic rings. The minimum absolute atomic E-state index is 0.323. The zero-order chi connectivity index (χ0) is 15.0. The molecule has 0 unspecified atom stereocenters. The summed E-state index contributed by atoms with van der Waals surface area (Å²) in [7, 11) is 0. The lowest BCUT2D eigenvalue weighted by atomic mass is 10.1. The second-order valence-corrected chi connectivity index (χ2v) is 5.33. The number of nitrogens with one attached hydrogen (secondary N) is 2. The molecule has 1 aliphatic heterocycles. The zero-order valence-corrected chi connectivity index (χ0v) is 12.0. The Bertz CT molecular complexity index is 750. The smallest absolute Gasteiger partial charge is 0.259 e. The molecule has 0 fully saturated rings. The van der Waals surface area contributed by atoms with E-state index in [9.17, 15) is 9.59 Å². The largest absolute Gasteiger partial charge is 0.381 e. The van der Waals surface area contributed by atoms with Gasteiger partial charge in [0.2, 0.25) is 0 Å². The molecule has 1 heterocycles. The fraction of sp³-hybridized carbons (Fsp3) is 0.176. The van der Waals surface area contributed by atoms with E-state index in [4.69, 9.17) is 0 Å². The highest BCUT2D eigenvalue weighted by molar-refractivity contribution is 6.21. The van der Waals surface area contributed by atoms with Crippen molar-refractivity contribution in [2.75, 3.05) is 5.32 Å². The van der Waals surface area contributed by atoms with Crippen molar-refractivity contribution in [2.45, 2.75) is 20.4 Å². The molecule has 2 aromatic carbocycles. The number of anilines is 1. The quantitative estimate of drug-likeness (QED) is 0.850. The van der Waals surface area contributed by atoms with Gasteiger partial charge in [-0.05, 0) is 43.2 Å². The molecule has 0 atom stereocenters. The molecule has 0 bridgehead atoms. The zero-order valence-electron chi connectivity index (χ0n) is 12.0. The second-order valence-electron chi connectivity index (χ2n) is 5.33. The van der Waals surface area contributed by atoms with E-state index < -0.39 is 0 Å². The Kier molecular flexibility index (Phi) is 3.22. The molecule has 0 radical (unpaired) electrons. The lowest BCUT2D eigenvalue weighted by Crippen LogP contribution is -2.19. The number of hydrogen-bond acceptors (Lipinski definition) is 3. The molecule has 2 N–H and O–H groups in total. The maximum Gasteiger partial charge on any atom is 0.259 e. The van der Waals surface area contributed by atoms with E-state index in [0.29, 0.717) is 17.7 Å². The number of hydrogen-bond donors (Lipinski definition) is 2. The van der Waals surface area contributed by atoms with Gasteiger partial charge in [-0.15, -0.1) is 0 Å². The van der Waals surface area contributed by atoms with Crippen molar-refractivity contribution in [2.24, 2.45) is 0 Å². The van der Waals surface area contributed by atoms with Crippen LogP contribution < -0.4 is 10.6 Å². The van der Waals surface area contributed by atoms with Crippen LogP contribution in [0.4, 0.5) is 5.69 Å². The summed E-state index contributed by atoms with van der Waals surface area (Å²) in [5, 5.41) is 5.59. The fourth-order valence-corrected chi connectivity index (χ4v) is 2.52. The van der Waals surface area contributed by atoms with Gasteiger partial charge in [-0.2, -0.15) is 0 Å². The molecule has 21 heavy (non-hydrogen) atoms. The van der Waals surface area contributed by atoms with Crippen LogP contribution in [0.15, 0.2) is 36.4 Å². The number of benzene rings is 2. The van der Waals surface area contributed by atoms with E-state index in [1.54, 1.807) is 12.1 Å². The molecular formula is C17H16N2O2. The first-order chi connectivity index (χ1) is 10.0. The highest BCUT2D eigenvalue weighted by Crippen LogP contribution is 2.21. The summed E-state index contributed by atoms with van der Waals surface area (Å²) in [5.41, 5.74) is 5.39. The third-order valence-corrected chi connectivity index (χ3v) is 3.72. The van der Waals surface area contributed by atoms with Crippen molar-refractivity contribution >= 4 is 17.5 Å². The molecule has 2 aromatic rings. The Morgan fingerprint density at radius 3 is 2.48 bits per heavy atom. The topological polar surface area (TPSA) is 58.2 Å². The maximum absolute atomic E-state index is 11.6. The Morgan fingerprint density at radius 2 is 1.71 bits per heavy atom. The summed E-state index contributed by atoms with van der Waals surface area (Å²) in [6.45, 7) is 4.83. The van der Waals surface area contributed by atoms with Crippen LogP contribution in [0, 0.1) is 13.8 Å². The van der Waals surface area contributed by atoms with Gasteiger partial charge in [0.15, 0.2) is 0 Å². The molecule has 0 saturated carbocycles. The average Bonchev–Trinajstić information content (AvgIpc) is 2.73. The minimum Gasteiger partial charge on any atom is -0.381 e. The van der Waals surface area contributed by atoms with Gasteiger partial charge in [-0.25, -0.2) is 0 Å². The number of amides is 2. The van der Waals surface area contributed by atoms with Gasteiger partial charge >= 0.3 is 0 Å². The van der Waals surface area contributed by atoms with Gasteiger partial charge in [-0.3, -0.25) is 14.9 Å². The summed E-state index contributed by atoms with van der Waals surface area (Å²) >= 11 is 0. The van der Waals surface area contributed by atoms with E-state index in [0.717, 1.165) is 5.69 Å². The van der Waals surface area contributed by atoms with Gasteiger partial charge in [-0.1, -0.05) is 23.8 Å².